The summed E-state index contributed by atoms with van der Waals surface area (Å²) in [6, 6.07) is 4.73. The Morgan fingerprint density at radius 1 is 1.47 bits per heavy atom. The van der Waals surface area contributed by atoms with Gasteiger partial charge in [0.2, 0.25) is 0 Å². The van der Waals surface area contributed by atoms with Crippen LogP contribution in [0.2, 0.25) is 0 Å². The second-order valence-corrected chi connectivity index (χ2v) is 4.20. The number of aryl methyl sites for hydroxylation is 1. The molecule has 2 aromatic rings. The van der Waals surface area contributed by atoms with Crippen LogP contribution in [0.25, 0.3) is 5.65 Å². The van der Waals surface area contributed by atoms with Crippen molar-refractivity contribution >= 4 is 11.5 Å². The highest BCUT2D eigenvalue weighted by atomic mass is 15.3. The number of rotatable bonds is 2. The molecule has 0 radical (unpaired) electrons. The van der Waals surface area contributed by atoms with E-state index in [2.05, 4.69) is 28.1 Å². The van der Waals surface area contributed by atoms with Gasteiger partial charge >= 0.3 is 0 Å². The highest BCUT2D eigenvalue weighted by molar-refractivity contribution is 5.51. The molecule has 0 spiro atoms. The quantitative estimate of drug-likeness (QED) is 0.742. The van der Waals surface area contributed by atoms with Crippen LogP contribution in [0.15, 0.2) is 18.3 Å². The molecule has 1 aliphatic carbocycles. The number of hydrogen-bond donors (Lipinski definition) is 0. The second kappa shape index (κ2) is 2.95. The average Bonchev–Trinajstić information content (AvgIpc) is 2.96. The molecule has 0 amide bonds. The van der Waals surface area contributed by atoms with Crippen LogP contribution < -0.4 is 4.90 Å². The maximum absolute atomic E-state index is 4.43. The minimum absolute atomic E-state index is 0.694. The van der Waals surface area contributed by atoms with Crippen molar-refractivity contribution in [2.75, 3.05) is 11.9 Å². The molecular formula is C11H14N4. The zero-order chi connectivity index (χ0) is 10.4. The lowest BCUT2D eigenvalue weighted by molar-refractivity contribution is 0.824. The third kappa shape index (κ3) is 1.37. The molecule has 0 aromatic carbocycles. The van der Waals surface area contributed by atoms with E-state index in [1.807, 2.05) is 17.5 Å². The Morgan fingerprint density at radius 3 is 3.00 bits per heavy atom. The molecule has 0 saturated heterocycles. The van der Waals surface area contributed by atoms with Crippen LogP contribution in [-0.4, -0.2) is 27.7 Å². The summed E-state index contributed by atoms with van der Waals surface area (Å²) in [5, 5.41) is 4.30. The van der Waals surface area contributed by atoms with Crippen molar-refractivity contribution < 1.29 is 0 Å². The van der Waals surface area contributed by atoms with E-state index in [1.54, 1.807) is 6.20 Å². The average molecular weight is 202 g/mol. The van der Waals surface area contributed by atoms with Crippen LogP contribution in [0.5, 0.6) is 0 Å². The molecule has 2 heterocycles. The van der Waals surface area contributed by atoms with Crippen LogP contribution in [-0.2, 0) is 0 Å². The minimum atomic E-state index is 0.694. The van der Waals surface area contributed by atoms with Crippen molar-refractivity contribution in [2.24, 2.45) is 0 Å². The Balaban J connectivity index is 2.18. The molecule has 3 rings (SSSR count). The Kier molecular flexibility index (Phi) is 1.71. The molecule has 2 aromatic heterocycles. The Bertz CT molecular complexity index is 498. The molecule has 1 aliphatic rings. The molecule has 1 saturated carbocycles. The largest absolute Gasteiger partial charge is 0.357 e. The summed E-state index contributed by atoms with van der Waals surface area (Å²) >= 11 is 0. The number of aromatic nitrogens is 3. The molecule has 15 heavy (non-hydrogen) atoms. The summed E-state index contributed by atoms with van der Waals surface area (Å²) < 4.78 is 1.91. The Hall–Kier alpha value is -1.58. The first kappa shape index (κ1) is 8.71. The van der Waals surface area contributed by atoms with Gasteiger partial charge in [0.05, 0.1) is 6.20 Å². The topological polar surface area (TPSA) is 33.4 Å². The fourth-order valence-electron chi connectivity index (χ4n) is 1.92. The number of hydrogen-bond acceptors (Lipinski definition) is 3. The molecule has 1 fully saturated rings. The monoisotopic (exact) mass is 202 g/mol. The molecule has 4 nitrogen and oxygen atoms in total. The third-order valence-electron chi connectivity index (χ3n) is 2.92. The highest BCUT2D eigenvalue weighted by Crippen LogP contribution is 2.30. The van der Waals surface area contributed by atoms with Crippen molar-refractivity contribution in [1.29, 1.82) is 0 Å². The summed E-state index contributed by atoms with van der Waals surface area (Å²) in [6.45, 7) is 2.03. The van der Waals surface area contributed by atoms with Crippen molar-refractivity contribution in [1.82, 2.24) is 14.6 Å². The Morgan fingerprint density at radius 2 is 2.27 bits per heavy atom. The molecule has 0 bridgehead atoms. The Labute approximate surface area is 88.5 Å². The molecule has 0 aliphatic heterocycles. The van der Waals surface area contributed by atoms with Gasteiger partial charge in [-0.05, 0) is 19.8 Å². The van der Waals surface area contributed by atoms with Crippen molar-refractivity contribution in [2.45, 2.75) is 25.8 Å². The minimum Gasteiger partial charge on any atom is -0.357 e. The SMILES string of the molecule is Cc1cc(N(C)C2CC2)n2nccc2n1. The van der Waals surface area contributed by atoms with Gasteiger partial charge in [-0.15, -0.1) is 0 Å². The number of nitrogens with zero attached hydrogens (tertiary/aromatic N) is 4. The van der Waals surface area contributed by atoms with Crippen LogP contribution in [0.3, 0.4) is 0 Å². The molecule has 0 atom stereocenters. The third-order valence-corrected chi connectivity index (χ3v) is 2.92. The first-order chi connectivity index (χ1) is 7.25. The molecular weight excluding hydrogens is 188 g/mol. The van der Waals surface area contributed by atoms with E-state index in [4.69, 9.17) is 0 Å². The zero-order valence-electron chi connectivity index (χ0n) is 9.01. The zero-order valence-corrected chi connectivity index (χ0v) is 9.01. The van der Waals surface area contributed by atoms with Gasteiger partial charge in [0.1, 0.15) is 5.82 Å². The highest BCUT2D eigenvalue weighted by Gasteiger charge is 2.28. The lowest BCUT2D eigenvalue weighted by Gasteiger charge is -2.19. The van der Waals surface area contributed by atoms with Gasteiger partial charge in [-0.1, -0.05) is 0 Å². The van der Waals surface area contributed by atoms with Crippen LogP contribution in [0.1, 0.15) is 18.5 Å². The van der Waals surface area contributed by atoms with Crippen molar-refractivity contribution in [3.05, 3.63) is 24.0 Å². The predicted molar refractivity (Wildman–Crippen MR) is 59.1 cm³/mol. The molecule has 0 N–H and O–H groups in total. The first-order valence-corrected chi connectivity index (χ1v) is 5.30. The predicted octanol–water partition coefficient (Wildman–Crippen LogP) is 1.64. The van der Waals surface area contributed by atoms with Gasteiger partial charge in [0.25, 0.3) is 0 Å². The lowest BCUT2D eigenvalue weighted by atomic mass is 10.4. The van der Waals surface area contributed by atoms with Gasteiger partial charge in [0, 0.05) is 30.9 Å². The van der Waals surface area contributed by atoms with E-state index >= 15 is 0 Å². The molecule has 78 valence electrons. The summed E-state index contributed by atoms with van der Waals surface area (Å²) in [7, 11) is 2.13. The van der Waals surface area contributed by atoms with E-state index in [0.717, 1.165) is 17.2 Å². The smallest absolute Gasteiger partial charge is 0.157 e. The maximum atomic E-state index is 4.43. The van der Waals surface area contributed by atoms with E-state index in [9.17, 15) is 0 Å². The maximum Gasteiger partial charge on any atom is 0.157 e. The van der Waals surface area contributed by atoms with Gasteiger partial charge < -0.3 is 4.90 Å². The summed E-state index contributed by atoms with van der Waals surface area (Å²) in [5.74, 6) is 1.14. The lowest BCUT2D eigenvalue weighted by Crippen LogP contribution is -2.22. The standard InChI is InChI=1S/C11H14N4/c1-8-7-11(14(2)9-3-4-9)15-10(13-8)5-6-12-15/h5-7,9H,3-4H2,1-2H3. The van der Waals surface area contributed by atoms with Crippen molar-refractivity contribution in [3.63, 3.8) is 0 Å². The summed E-state index contributed by atoms with van der Waals surface area (Å²) in [5.41, 5.74) is 1.98. The summed E-state index contributed by atoms with van der Waals surface area (Å²) in [4.78, 5) is 6.73. The van der Waals surface area contributed by atoms with Gasteiger partial charge in [-0.25, -0.2) is 4.98 Å². The normalized spacial score (nSPS) is 15.9. The summed E-state index contributed by atoms with van der Waals surface area (Å²) in [6.07, 6.45) is 4.38. The van der Waals surface area contributed by atoms with Crippen molar-refractivity contribution in [3.8, 4) is 0 Å². The van der Waals surface area contributed by atoms with Crippen LogP contribution in [0, 0.1) is 6.92 Å². The fourth-order valence-corrected chi connectivity index (χ4v) is 1.92. The van der Waals surface area contributed by atoms with E-state index in [-0.39, 0.29) is 0 Å². The number of fused-ring (bicyclic) bond motifs is 1. The second-order valence-electron chi connectivity index (χ2n) is 4.20. The fraction of sp³-hybridized carbons (Fsp3) is 0.455. The van der Waals surface area contributed by atoms with Gasteiger partial charge in [0.15, 0.2) is 5.65 Å². The number of anilines is 1. The van der Waals surface area contributed by atoms with Gasteiger partial charge in [-0.2, -0.15) is 9.61 Å². The molecule has 0 unspecified atom stereocenters. The first-order valence-electron chi connectivity index (χ1n) is 5.30. The van der Waals surface area contributed by atoms with E-state index < -0.39 is 0 Å². The van der Waals surface area contributed by atoms with Crippen LogP contribution >= 0.6 is 0 Å². The van der Waals surface area contributed by atoms with Gasteiger partial charge in [-0.3, -0.25) is 0 Å². The van der Waals surface area contributed by atoms with E-state index in [1.165, 1.54) is 12.8 Å². The van der Waals surface area contributed by atoms with E-state index in [0.29, 0.717) is 6.04 Å². The van der Waals surface area contributed by atoms with Crippen LogP contribution in [0.4, 0.5) is 5.82 Å². The molecule has 4 heteroatoms.